The second-order valence-electron chi connectivity index (χ2n) is 9.13. The Morgan fingerprint density at radius 1 is 0.786 bits per heavy atom. The van der Waals surface area contributed by atoms with Gasteiger partial charge in [-0.3, -0.25) is 0 Å². The molecule has 0 aromatic heterocycles. The van der Waals surface area contributed by atoms with Crippen LogP contribution in [0.3, 0.4) is 0 Å². The molecule has 0 bridgehead atoms. The van der Waals surface area contributed by atoms with Gasteiger partial charge in [0.1, 0.15) is 0 Å². The van der Waals surface area contributed by atoms with Crippen LogP contribution in [-0.4, -0.2) is 0 Å². The lowest BCUT2D eigenvalue weighted by Crippen LogP contribution is -2.25. The summed E-state index contributed by atoms with van der Waals surface area (Å²) in [5.41, 5.74) is 0.388. The second-order valence-corrected chi connectivity index (χ2v) is 9.13. The predicted octanol–water partition coefficient (Wildman–Crippen LogP) is 8.31. The topological polar surface area (TPSA) is 0 Å². The molecule has 2 aliphatic carbocycles. The SMILES string of the molecule is CCCC1CCC(C2CCC(CCC=Cc3cc(F)c(F)c(F)c3)CC2)CC1. The summed E-state index contributed by atoms with van der Waals surface area (Å²) in [6.07, 6.45) is 19.7. The molecule has 2 aliphatic rings. The van der Waals surface area contributed by atoms with Crippen molar-refractivity contribution < 1.29 is 13.2 Å². The van der Waals surface area contributed by atoms with Gasteiger partial charge < -0.3 is 0 Å². The van der Waals surface area contributed by atoms with E-state index in [-0.39, 0.29) is 0 Å². The molecular formula is C25H35F3. The van der Waals surface area contributed by atoms with Crippen molar-refractivity contribution in [2.24, 2.45) is 23.7 Å². The Bertz CT molecular complexity index is 612. The molecule has 0 aliphatic heterocycles. The summed E-state index contributed by atoms with van der Waals surface area (Å²) in [5.74, 6) is 0.0411. The Balaban J connectivity index is 1.36. The molecule has 0 unspecified atom stereocenters. The first-order valence-electron chi connectivity index (χ1n) is 11.4. The van der Waals surface area contributed by atoms with Crippen LogP contribution in [-0.2, 0) is 0 Å². The van der Waals surface area contributed by atoms with Crippen molar-refractivity contribution in [1.29, 1.82) is 0 Å². The maximum Gasteiger partial charge on any atom is 0.194 e. The fraction of sp³-hybridized carbons (Fsp3) is 0.680. The monoisotopic (exact) mass is 392 g/mol. The van der Waals surface area contributed by atoms with Gasteiger partial charge in [-0.05, 0) is 79.9 Å². The average molecular weight is 393 g/mol. The van der Waals surface area contributed by atoms with Crippen LogP contribution in [0, 0.1) is 41.1 Å². The van der Waals surface area contributed by atoms with E-state index in [1.54, 1.807) is 6.08 Å². The molecule has 1 aromatic rings. The van der Waals surface area contributed by atoms with E-state index in [4.69, 9.17) is 0 Å². The Kier molecular flexibility index (Phi) is 8.05. The van der Waals surface area contributed by atoms with Gasteiger partial charge in [0.15, 0.2) is 17.5 Å². The molecule has 3 rings (SSSR count). The third-order valence-corrected chi connectivity index (χ3v) is 7.20. The first-order chi connectivity index (χ1) is 13.6. The maximum absolute atomic E-state index is 13.2. The van der Waals surface area contributed by atoms with Crippen LogP contribution < -0.4 is 0 Å². The molecule has 28 heavy (non-hydrogen) atoms. The first-order valence-corrected chi connectivity index (χ1v) is 11.4. The molecule has 0 amide bonds. The smallest absolute Gasteiger partial charge is 0.194 e. The molecule has 2 fully saturated rings. The fourth-order valence-corrected chi connectivity index (χ4v) is 5.53. The summed E-state index contributed by atoms with van der Waals surface area (Å²) >= 11 is 0. The van der Waals surface area contributed by atoms with Crippen molar-refractivity contribution in [3.05, 3.63) is 41.2 Å². The number of benzene rings is 1. The molecule has 0 N–H and O–H groups in total. The van der Waals surface area contributed by atoms with Gasteiger partial charge in [0.25, 0.3) is 0 Å². The van der Waals surface area contributed by atoms with Crippen LogP contribution in [0.1, 0.15) is 89.5 Å². The quantitative estimate of drug-likeness (QED) is 0.409. The minimum Gasteiger partial charge on any atom is -0.204 e. The van der Waals surface area contributed by atoms with Gasteiger partial charge in [-0.1, -0.05) is 57.6 Å². The van der Waals surface area contributed by atoms with Gasteiger partial charge in [-0.2, -0.15) is 0 Å². The summed E-state index contributed by atoms with van der Waals surface area (Å²) in [6.45, 7) is 2.30. The van der Waals surface area contributed by atoms with Crippen molar-refractivity contribution in [3.8, 4) is 0 Å². The molecule has 156 valence electrons. The minimum atomic E-state index is -1.40. The highest BCUT2D eigenvalue weighted by Gasteiger charge is 2.30. The van der Waals surface area contributed by atoms with E-state index in [0.29, 0.717) is 5.56 Å². The third-order valence-electron chi connectivity index (χ3n) is 7.20. The summed E-state index contributed by atoms with van der Waals surface area (Å²) in [6, 6.07) is 2.10. The summed E-state index contributed by atoms with van der Waals surface area (Å²) < 4.78 is 39.5. The maximum atomic E-state index is 13.2. The number of halogens is 3. The van der Waals surface area contributed by atoms with E-state index in [1.807, 2.05) is 6.08 Å². The molecule has 0 atom stereocenters. The van der Waals surface area contributed by atoms with Crippen LogP contribution >= 0.6 is 0 Å². The zero-order chi connectivity index (χ0) is 19.9. The molecule has 3 heteroatoms. The van der Waals surface area contributed by atoms with Crippen molar-refractivity contribution in [1.82, 2.24) is 0 Å². The van der Waals surface area contributed by atoms with Gasteiger partial charge in [0.05, 0.1) is 0 Å². The molecular weight excluding hydrogens is 357 g/mol. The standard InChI is InChI=1S/C25H35F3/c1-2-5-18-8-12-21(13-9-18)22-14-10-19(11-15-22)6-3-4-7-20-16-23(26)25(28)24(27)17-20/h4,7,16-19,21-22H,2-3,5-6,8-15H2,1H3. The number of rotatable bonds is 7. The largest absolute Gasteiger partial charge is 0.204 e. The summed E-state index contributed by atoms with van der Waals surface area (Å²) in [5, 5.41) is 0. The summed E-state index contributed by atoms with van der Waals surface area (Å²) in [7, 11) is 0. The third kappa shape index (κ3) is 5.87. The van der Waals surface area contributed by atoms with E-state index in [1.165, 1.54) is 64.2 Å². The average Bonchev–Trinajstić information content (AvgIpc) is 2.71. The van der Waals surface area contributed by atoms with Gasteiger partial charge >= 0.3 is 0 Å². The number of hydrogen-bond donors (Lipinski definition) is 0. The molecule has 0 heterocycles. The lowest BCUT2D eigenvalue weighted by molar-refractivity contribution is 0.141. The van der Waals surface area contributed by atoms with Crippen LogP contribution in [0.15, 0.2) is 18.2 Å². The van der Waals surface area contributed by atoms with Crippen LogP contribution in [0.2, 0.25) is 0 Å². The molecule has 1 aromatic carbocycles. The highest BCUT2D eigenvalue weighted by atomic mass is 19.2. The first kappa shape index (κ1) is 21.5. The number of allylic oxidation sites excluding steroid dienone is 1. The van der Waals surface area contributed by atoms with E-state index in [2.05, 4.69) is 6.92 Å². The molecule has 0 nitrogen and oxygen atoms in total. The van der Waals surface area contributed by atoms with E-state index >= 15 is 0 Å². The fourth-order valence-electron chi connectivity index (χ4n) is 5.53. The lowest BCUT2D eigenvalue weighted by atomic mass is 9.68. The van der Waals surface area contributed by atoms with Crippen LogP contribution in [0.4, 0.5) is 13.2 Å². The summed E-state index contributed by atoms with van der Waals surface area (Å²) in [4.78, 5) is 0. The molecule has 0 radical (unpaired) electrons. The molecule has 2 saturated carbocycles. The van der Waals surface area contributed by atoms with E-state index < -0.39 is 17.5 Å². The Morgan fingerprint density at radius 3 is 1.79 bits per heavy atom. The molecule has 0 saturated heterocycles. The normalized spacial score (nSPS) is 28.7. The molecule has 0 spiro atoms. The minimum absolute atomic E-state index is 0.388. The van der Waals surface area contributed by atoms with Crippen molar-refractivity contribution in [3.63, 3.8) is 0 Å². The Morgan fingerprint density at radius 2 is 1.29 bits per heavy atom. The van der Waals surface area contributed by atoms with Crippen molar-refractivity contribution >= 4 is 6.08 Å². The highest BCUT2D eigenvalue weighted by molar-refractivity contribution is 5.49. The van der Waals surface area contributed by atoms with Gasteiger partial charge in [0.2, 0.25) is 0 Å². The Labute approximate surface area is 168 Å². The van der Waals surface area contributed by atoms with E-state index in [9.17, 15) is 13.2 Å². The van der Waals surface area contributed by atoms with Gasteiger partial charge in [-0.15, -0.1) is 0 Å². The lowest BCUT2D eigenvalue weighted by Gasteiger charge is -2.38. The van der Waals surface area contributed by atoms with Crippen LogP contribution in [0.5, 0.6) is 0 Å². The number of hydrogen-bond acceptors (Lipinski definition) is 0. The zero-order valence-electron chi connectivity index (χ0n) is 17.2. The zero-order valence-corrected chi connectivity index (χ0v) is 17.2. The highest BCUT2D eigenvalue weighted by Crippen LogP contribution is 2.42. The van der Waals surface area contributed by atoms with E-state index in [0.717, 1.165) is 48.6 Å². The van der Waals surface area contributed by atoms with Gasteiger partial charge in [-0.25, -0.2) is 13.2 Å². The predicted molar refractivity (Wildman–Crippen MR) is 110 cm³/mol. The second kappa shape index (κ2) is 10.5. The van der Waals surface area contributed by atoms with Gasteiger partial charge in [0, 0.05) is 0 Å². The van der Waals surface area contributed by atoms with Crippen molar-refractivity contribution in [2.75, 3.05) is 0 Å². The van der Waals surface area contributed by atoms with Crippen molar-refractivity contribution in [2.45, 2.75) is 84.0 Å². The van der Waals surface area contributed by atoms with Crippen LogP contribution in [0.25, 0.3) is 6.08 Å². The Hall–Kier alpha value is -1.25.